The summed E-state index contributed by atoms with van der Waals surface area (Å²) in [5.41, 5.74) is 0. The second-order valence-electron chi connectivity index (χ2n) is 6.50. The molecular formula is C16H24N4O2. The Morgan fingerprint density at radius 1 is 1.45 bits per heavy atom. The zero-order valence-corrected chi connectivity index (χ0v) is 13.4. The first kappa shape index (κ1) is 15.1. The lowest BCUT2D eigenvalue weighted by Crippen LogP contribution is -2.35. The van der Waals surface area contributed by atoms with Gasteiger partial charge in [-0.05, 0) is 19.3 Å². The van der Waals surface area contributed by atoms with E-state index in [0.717, 1.165) is 31.5 Å². The van der Waals surface area contributed by atoms with Crippen molar-refractivity contribution in [3.05, 3.63) is 18.2 Å². The molecular weight excluding hydrogens is 280 g/mol. The monoisotopic (exact) mass is 304 g/mol. The summed E-state index contributed by atoms with van der Waals surface area (Å²) >= 11 is 0. The molecule has 1 aromatic rings. The molecule has 0 spiro atoms. The number of likely N-dealkylation sites (tertiary alicyclic amines) is 1. The topological polar surface area (TPSA) is 58.4 Å². The molecule has 0 N–H and O–H groups in total. The number of rotatable bonds is 6. The Hall–Kier alpha value is -1.85. The number of imidazole rings is 1. The summed E-state index contributed by atoms with van der Waals surface area (Å²) < 4.78 is 2.00. The molecule has 1 saturated carbocycles. The van der Waals surface area contributed by atoms with E-state index < -0.39 is 0 Å². The lowest BCUT2D eigenvalue weighted by molar-refractivity contribution is -0.134. The van der Waals surface area contributed by atoms with Crippen LogP contribution in [0.4, 0.5) is 0 Å². The first-order valence-corrected chi connectivity index (χ1v) is 8.07. The molecule has 1 unspecified atom stereocenters. The Kier molecular flexibility index (Phi) is 4.18. The van der Waals surface area contributed by atoms with E-state index in [2.05, 4.69) is 4.98 Å². The van der Waals surface area contributed by atoms with Crippen LogP contribution in [0.1, 0.15) is 31.5 Å². The van der Waals surface area contributed by atoms with Crippen molar-refractivity contribution in [1.29, 1.82) is 0 Å². The van der Waals surface area contributed by atoms with Crippen LogP contribution in [0.2, 0.25) is 0 Å². The number of hydrogen-bond donors (Lipinski definition) is 0. The van der Waals surface area contributed by atoms with Crippen LogP contribution in [0, 0.1) is 5.92 Å². The fourth-order valence-corrected chi connectivity index (χ4v) is 3.17. The Labute approximate surface area is 131 Å². The number of carbonyl (C=O) groups is 2. The van der Waals surface area contributed by atoms with Crippen LogP contribution in [0.15, 0.2) is 12.4 Å². The van der Waals surface area contributed by atoms with Gasteiger partial charge in [0.25, 0.3) is 0 Å². The summed E-state index contributed by atoms with van der Waals surface area (Å²) in [7, 11) is 3.82. The average molecular weight is 304 g/mol. The highest BCUT2D eigenvalue weighted by atomic mass is 16.2. The lowest BCUT2D eigenvalue weighted by atomic mass is 10.1. The molecule has 120 valence electrons. The van der Waals surface area contributed by atoms with Crippen molar-refractivity contribution >= 4 is 11.8 Å². The van der Waals surface area contributed by atoms with E-state index in [1.807, 2.05) is 29.8 Å². The van der Waals surface area contributed by atoms with Gasteiger partial charge in [0.15, 0.2) is 0 Å². The molecule has 1 atom stereocenters. The van der Waals surface area contributed by atoms with Crippen molar-refractivity contribution in [3.8, 4) is 0 Å². The average Bonchev–Trinajstić information content (AvgIpc) is 3.15. The van der Waals surface area contributed by atoms with Crippen molar-refractivity contribution in [2.75, 3.05) is 20.1 Å². The standard InChI is InChI=1S/C16H24N4O2/c1-18-9-7-17-14(18)4-3-8-19(2)16(22)12-10-15(21)20(11-12)13-5-6-13/h7,9,12-13H,3-6,8,10-11H2,1-2H3. The number of nitrogens with zero attached hydrogens (tertiary/aromatic N) is 4. The van der Waals surface area contributed by atoms with Crippen LogP contribution >= 0.6 is 0 Å². The van der Waals surface area contributed by atoms with Gasteiger partial charge in [0.1, 0.15) is 5.82 Å². The van der Waals surface area contributed by atoms with Gasteiger partial charge >= 0.3 is 0 Å². The Morgan fingerprint density at radius 3 is 2.86 bits per heavy atom. The second kappa shape index (κ2) is 6.10. The Balaban J connectivity index is 1.45. The van der Waals surface area contributed by atoms with Gasteiger partial charge in [0.05, 0.1) is 5.92 Å². The number of aromatic nitrogens is 2. The molecule has 6 nitrogen and oxygen atoms in total. The Bertz CT molecular complexity index is 564. The van der Waals surface area contributed by atoms with E-state index in [9.17, 15) is 9.59 Å². The van der Waals surface area contributed by atoms with Crippen molar-refractivity contribution in [1.82, 2.24) is 19.4 Å². The van der Waals surface area contributed by atoms with Gasteiger partial charge in [-0.1, -0.05) is 0 Å². The normalized spacial score (nSPS) is 21.5. The van der Waals surface area contributed by atoms with Crippen molar-refractivity contribution < 1.29 is 9.59 Å². The summed E-state index contributed by atoms with van der Waals surface area (Å²) in [5, 5.41) is 0. The largest absolute Gasteiger partial charge is 0.345 e. The minimum absolute atomic E-state index is 0.108. The molecule has 6 heteroatoms. The molecule has 0 aromatic carbocycles. The predicted octanol–water partition coefficient (Wildman–Crippen LogP) is 0.822. The van der Waals surface area contributed by atoms with Crippen molar-refractivity contribution in [2.45, 2.75) is 38.1 Å². The van der Waals surface area contributed by atoms with E-state index in [4.69, 9.17) is 0 Å². The highest BCUT2D eigenvalue weighted by Crippen LogP contribution is 2.33. The minimum Gasteiger partial charge on any atom is -0.345 e. The van der Waals surface area contributed by atoms with Gasteiger partial charge in [-0.25, -0.2) is 4.98 Å². The quantitative estimate of drug-likeness (QED) is 0.782. The van der Waals surface area contributed by atoms with E-state index >= 15 is 0 Å². The maximum Gasteiger partial charge on any atom is 0.227 e. The molecule has 1 aliphatic heterocycles. The maximum atomic E-state index is 12.5. The molecule has 1 aliphatic carbocycles. The molecule has 3 rings (SSSR count). The third kappa shape index (κ3) is 3.15. The molecule has 2 aliphatic rings. The third-order valence-electron chi connectivity index (χ3n) is 4.69. The van der Waals surface area contributed by atoms with Crippen LogP contribution in [0.3, 0.4) is 0 Å². The van der Waals surface area contributed by atoms with Crippen LogP contribution in [0.5, 0.6) is 0 Å². The zero-order chi connectivity index (χ0) is 15.7. The fourth-order valence-electron chi connectivity index (χ4n) is 3.17. The van der Waals surface area contributed by atoms with E-state index in [1.165, 1.54) is 0 Å². The van der Waals surface area contributed by atoms with Gasteiger partial charge in [-0.2, -0.15) is 0 Å². The van der Waals surface area contributed by atoms with Gasteiger partial charge in [-0.3, -0.25) is 9.59 Å². The van der Waals surface area contributed by atoms with Crippen LogP contribution in [-0.4, -0.2) is 57.3 Å². The summed E-state index contributed by atoms with van der Waals surface area (Å²) in [6.07, 6.45) is 8.07. The molecule has 1 aromatic heterocycles. The SMILES string of the molecule is CN(CCCc1nccn1C)C(=O)C1CC(=O)N(C2CC2)C1. The molecule has 2 heterocycles. The van der Waals surface area contributed by atoms with Crippen LogP contribution < -0.4 is 0 Å². The number of carbonyl (C=O) groups excluding carboxylic acids is 2. The van der Waals surface area contributed by atoms with E-state index in [-0.39, 0.29) is 17.7 Å². The highest BCUT2D eigenvalue weighted by molar-refractivity contribution is 5.89. The maximum absolute atomic E-state index is 12.5. The molecule has 22 heavy (non-hydrogen) atoms. The zero-order valence-electron chi connectivity index (χ0n) is 13.4. The first-order valence-electron chi connectivity index (χ1n) is 8.07. The lowest BCUT2D eigenvalue weighted by Gasteiger charge is -2.21. The number of aryl methyl sites for hydroxylation is 2. The van der Waals surface area contributed by atoms with E-state index in [0.29, 0.717) is 25.6 Å². The molecule has 2 fully saturated rings. The number of amides is 2. The summed E-state index contributed by atoms with van der Waals surface area (Å²) in [6, 6.07) is 0.416. The predicted molar refractivity (Wildman–Crippen MR) is 82.0 cm³/mol. The van der Waals surface area contributed by atoms with Crippen LogP contribution in [-0.2, 0) is 23.1 Å². The minimum atomic E-state index is -0.147. The van der Waals surface area contributed by atoms with Crippen molar-refractivity contribution in [3.63, 3.8) is 0 Å². The second-order valence-corrected chi connectivity index (χ2v) is 6.50. The summed E-state index contributed by atoms with van der Waals surface area (Å²) in [6.45, 7) is 1.33. The van der Waals surface area contributed by atoms with Gasteiger partial charge < -0.3 is 14.4 Å². The fraction of sp³-hybridized carbons (Fsp3) is 0.688. The van der Waals surface area contributed by atoms with E-state index in [1.54, 1.807) is 11.1 Å². The molecule has 0 bridgehead atoms. The van der Waals surface area contributed by atoms with Gasteiger partial charge in [0.2, 0.25) is 11.8 Å². The Morgan fingerprint density at radius 2 is 2.23 bits per heavy atom. The summed E-state index contributed by atoms with van der Waals surface area (Å²) in [5.74, 6) is 1.15. The summed E-state index contributed by atoms with van der Waals surface area (Å²) in [4.78, 5) is 32.4. The molecule has 0 radical (unpaired) electrons. The van der Waals surface area contributed by atoms with Crippen molar-refractivity contribution in [2.24, 2.45) is 13.0 Å². The third-order valence-corrected chi connectivity index (χ3v) is 4.69. The number of hydrogen-bond acceptors (Lipinski definition) is 3. The highest BCUT2D eigenvalue weighted by Gasteiger charge is 2.42. The first-order chi connectivity index (χ1) is 10.6. The smallest absolute Gasteiger partial charge is 0.227 e. The molecule has 2 amide bonds. The van der Waals surface area contributed by atoms with Gasteiger partial charge in [-0.15, -0.1) is 0 Å². The van der Waals surface area contributed by atoms with Gasteiger partial charge in [0, 0.05) is 58.5 Å². The molecule has 1 saturated heterocycles. The van der Waals surface area contributed by atoms with Crippen LogP contribution in [0.25, 0.3) is 0 Å².